The van der Waals surface area contributed by atoms with E-state index in [0.29, 0.717) is 25.3 Å². The van der Waals surface area contributed by atoms with Gasteiger partial charge in [-0.3, -0.25) is 14.5 Å². The molecule has 156 valence electrons. The topological polar surface area (TPSA) is 61.9 Å². The first-order valence-electron chi connectivity index (χ1n) is 9.99. The van der Waals surface area contributed by atoms with Crippen molar-refractivity contribution in [1.29, 1.82) is 0 Å². The molecule has 0 fully saturated rings. The zero-order valence-corrected chi connectivity index (χ0v) is 17.7. The number of benzene rings is 2. The average molecular weight is 398 g/mol. The van der Waals surface area contributed by atoms with Crippen molar-refractivity contribution in [1.82, 2.24) is 9.80 Å². The van der Waals surface area contributed by atoms with Crippen molar-refractivity contribution in [2.45, 2.75) is 33.4 Å². The van der Waals surface area contributed by atoms with E-state index >= 15 is 0 Å². The predicted octanol–water partition coefficient (Wildman–Crippen LogP) is 3.39. The Bertz CT molecular complexity index is 778. The summed E-state index contributed by atoms with van der Waals surface area (Å²) in [5.41, 5.74) is 1.79. The van der Waals surface area contributed by atoms with E-state index < -0.39 is 0 Å². The number of methoxy groups -OCH3 is 1. The maximum Gasteiger partial charge on any atom is 0.239 e. The zero-order chi connectivity index (χ0) is 21.2. The van der Waals surface area contributed by atoms with Gasteiger partial charge in [0.1, 0.15) is 5.75 Å². The molecule has 0 aliphatic heterocycles. The lowest BCUT2D eigenvalue weighted by Gasteiger charge is -2.31. The summed E-state index contributed by atoms with van der Waals surface area (Å²) in [5.74, 6) is 0.605. The minimum Gasteiger partial charge on any atom is -0.497 e. The molecule has 29 heavy (non-hydrogen) atoms. The van der Waals surface area contributed by atoms with Gasteiger partial charge < -0.3 is 15.0 Å². The average Bonchev–Trinajstić information content (AvgIpc) is 2.76. The standard InChI is InChI=1S/C23H31N3O3/c1-5-25(17-22(27)24-20-12-14-21(29-4)15-13-20)18(3)23(28)26(6-2)16-19-10-8-7-9-11-19/h7-15,18H,5-6,16-17H2,1-4H3,(H,24,27)/t18-/m1/s1. The van der Waals surface area contributed by atoms with Gasteiger partial charge in [0.2, 0.25) is 11.8 Å². The highest BCUT2D eigenvalue weighted by Crippen LogP contribution is 2.15. The summed E-state index contributed by atoms with van der Waals surface area (Å²) in [4.78, 5) is 29.2. The van der Waals surface area contributed by atoms with Crippen LogP contribution in [-0.2, 0) is 16.1 Å². The summed E-state index contributed by atoms with van der Waals surface area (Å²) >= 11 is 0. The molecule has 2 amide bonds. The normalized spacial score (nSPS) is 11.8. The molecule has 0 aromatic heterocycles. The maximum absolute atomic E-state index is 13.0. The first-order chi connectivity index (χ1) is 14.0. The van der Waals surface area contributed by atoms with E-state index in [9.17, 15) is 9.59 Å². The van der Waals surface area contributed by atoms with Gasteiger partial charge in [0.05, 0.1) is 19.7 Å². The van der Waals surface area contributed by atoms with E-state index in [0.717, 1.165) is 11.3 Å². The first-order valence-corrected chi connectivity index (χ1v) is 9.99. The maximum atomic E-state index is 13.0. The molecule has 6 heteroatoms. The Hall–Kier alpha value is -2.86. The molecule has 0 bridgehead atoms. The van der Waals surface area contributed by atoms with Crippen LogP contribution in [0.2, 0.25) is 0 Å². The summed E-state index contributed by atoms with van der Waals surface area (Å²) in [6, 6.07) is 16.7. The van der Waals surface area contributed by atoms with Gasteiger partial charge in [-0.05, 0) is 50.2 Å². The van der Waals surface area contributed by atoms with Gasteiger partial charge in [-0.15, -0.1) is 0 Å². The van der Waals surface area contributed by atoms with Crippen molar-refractivity contribution in [2.24, 2.45) is 0 Å². The zero-order valence-electron chi connectivity index (χ0n) is 17.7. The Morgan fingerprint density at radius 1 is 1.00 bits per heavy atom. The van der Waals surface area contributed by atoms with E-state index in [2.05, 4.69) is 5.32 Å². The molecule has 0 saturated heterocycles. The molecular formula is C23H31N3O3. The van der Waals surface area contributed by atoms with Crippen LogP contribution in [0.15, 0.2) is 54.6 Å². The fourth-order valence-corrected chi connectivity index (χ4v) is 3.15. The van der Waals surface area contributed by atoms with Crippen molar-refractivity contribution >= 4 is 17.5 Å². The molecule has 0 aliphatic rings. The molecule has 0 radical (unpaired) electrons. The van der Waals surface area contributed by atoms with Crippen molar-refractivity contribution in [3.8, 4) is 5.75 Å². The van der Waals surface area contributed by atoms with Crippen LogP contribution in [0.5, 0.6) is 5.75 Å². The summed E-state index contributed by atoms with van der Waals surface area (Å²) < 4.78 is 5.13. The number of hydrogen-bond donors (Lipinski definition) is 1. The molecule has 1 atom stereocenters. The number of carbonyl (C=O) groups excluding carboxylic acids is 2. The highest BCUT2D eigenvalue weighted by atomic mass is 16.5. The molecule has 2 aromatic rings. The highest BCUT2D eigenvalue weighted by molar-refractivity contribution is 5.93. The van der Waals surface area contributed by atoms with Gasteiger partial charge in [0, 0.05) is 18.8 Å². The number of anilines is 1. The number of hydrogen-bond acceptors (Lipinski definition) is 4. The van der Waals surface area contributed by atoms with Crippen molar-refractivity contribution in [3.05, 3.63) is 60.2 Å². The van der Waals surface area contributed by atoms with Crippen molar-refractivity contribution < 1.29 is 14.3 Å². The van der Waals surface area contributed by atoms with Gasteiger partial charge in [-0.2, -0.15) is 0 Å². The Morgan fingerprint density at radius 2 is 1.66 bits per heavy atom. The van der Waals surface area contributed by atoms with Gasteiger partial charge in [-0.1, -0.05) is 37.3 Å². The van der Waals surface area contributed by atoms with Crippen LogP contribution in [0.1, 0.15) is 26.3 Å². The van der Waals surface area contributed by atoms with Crippen LogP contribution < -0.4 is 10.1 Å². The molecule has 1 N–H and O–H groups in total. The number of nitrogens with one attached hydrogen (secondary N) is 1. The molecule has 0 heterocycles. The quantitative estimate of drug-likeness (QED) is 0.668. The predicted molar refractivity (Wildman–Crippen MR) is 116 cm³/mol. The largest absolute Gasteiger partial charge is 0.497 e. The summed E-state index contributed by atoms with van der Waals surface area (Å²) in [6.45, 7) is 7.73. The molecule has 0 spiro atoms. The Labute approximate surface area is 173 Å². The van der Waals surface area contributed by atoms with E-state index in [1.807, 2.05) is 60.9 Å². The van der Waals surface area contributed by atoms with Gasteiger partial charge in [-0.25, -0.2) is 0 Å². The third-order valence-corrected chi connectivity index (χ3v) is 4.94. The summed E-state index contributed by atoms with van der Waals surface area (Å²) in [5, 5.41) is 2.87. The molecule has 2 aromatic carbocycles. The number of likely N-dealkylation sites (N-methyl/N-ethyl adjacent to an activating group) is 2. The third-order valence-electron chi connectivity index (χ3n) is 4.94. The van der Waals surface area contributed by atoms with Crippen LogP contribution >= 0.6 is 0 Å². The molecule has 6 nitrogen and oxygen atoms in total. The lowest BCUT2D eigenvalue weighted by molar-refractivity contribution is -0.137. The summed E-state index contributed by atoms with van der Waals surface area (Å²) in [7, 11) is 1.60. The minimum absolute atomic E-state index is 0.0236. The lowest BCUT2D eigenvalue weighted by atomic mass is 10.1. The van der Waals surface area contributed by atoms with Crippen LogP contribution in [0.4, 0.5) is 5.69 Å². The second-order valence-electron chi connectivity index (χ2n) is 6.85. The van der Waals surface area contributed by atoms with Gasteiger partial charge >= 0.3 is 0 Å². The van der Waals surface area contributed by atoms with Crippen molar-refractivity contribution in [3.63, 3.8) is 0 Å². The Kier molecular flexibility index (Phi) is 8.68. The molecular weight excluding hydrogens is 366 g/mol. The fourth-order valence-electron chi connectivity index (χ4n) is 3.15. The number of nitrogens with zero attached hydrogens (tertiary/aromatic N) is 2. The third kappa shape index (κ3) is 6.61. The van der Waals surface area contributed by atoms with Crippen LogP contribution in [0.25, 0.3) is 0 Å². The number of rotatable bonds is 10. The number of carbonyl (C=O) groups is 2. The minimum atomic E-state index is -0.384. The molecule has 2 rings (SSSR count). The monoisotopic (exact) mass is 397 g/mol. The number of amides is 2. The Morgan fingerprint density at radius 3 is 2.21 bits per heavy atom. The van der Waals surface area contributed by atoms with Crippen LogP contribution in [0.3, 0.4) is 0 Å². The van der Waals surface area contributed by atoms with E-state index in [1.54, 1.807) is 31.4 Å². The smallest absolute Gasteiger partial charge is 0.239 e. The fraction of sp³-hybridized carbons (Fsp3) is 0.391. The second-order valence-corrected chi connectivity index (χ2v) is 6.85. The SMILES string of the molecule is CCN(Cc1ccccc1)C(=O)[C@@H](C)N(CC)CC(=O)Nc1ccc(OC)cc1. The van der Waals surface area contributed by atoms with Crippen LogP contribution in [-0.4, -0.2) is 54.4 Å². The van der Waals surface area contributed by atoms with E-state index in [1.165, 1.54) is 0 Å². The summed E-state index contributed by atoms with van der Waals surface area (Å²) in [6.07, 6.45) is 0. The Balaban J connectivity index is 1.97. The highest BCUT2D eigenvalue weighted by Gasteiger charge is 2.26. The molecule has 0 saturated carbocycles. The van der Waals surface area contributed by atoms with Gasteiger partial charge in [0.25, 0.3) is 0 Å². The van der Waals surface area contributed by atoms with E-state index in [-0.39, 0.29) is 24.4 Å². The van der Waals surface area contributed by atoms with E-state index in [4.69, 9.17) is 4.74 Å². The van der Waals surface area contributed by atoms with Gasteiger partial charge in [0.15, 0.2) is 0 Å². The van der Waals surface area contributed by atoms with Crippen LogP contribution in [0, 0.1) is 0 Å². The molecule has 0 unspecified atom stereocenters. The lowest BCUT2D eigenvalue weighted by Crippen LogP contribution is -2.49. The number of ether oxygens (including phenoxy) is 1. The molecule has 0 aliphatic carbocycles. The second kappa shape index (κ2) is 11.2. The first kappa shape index (κ1) is 22.4. The van der Waals surface area contributed by atoms with Crippen molar-refractivity contribution in [2.75, 3.05) is 32.1 Å².